The maximum atomic E-state index is 13.9. The Hall–Kier alpha value is -0.890. The maximum Gasteiger partial charge on any atom is 0.128 e. The molecule has 1 aliphatic carbocycles. The van der Waals surface area contributed by atoms with E-state index in [0.717, 1.165) is 29.5 Å². The van der Waals surface area contributed by atoms with Crippen LogP contribution in [0.25, 0.3) is 0 Å². The molecule has 1 atom stereocenters. The van der Waals surface area contributed by atoms with Crippen LogP contribution in [0, 0.1) is 25.6 Å². The SMILES string of the molecule is Cc1cc(C)c(C(N)C2CCCC2)c(F)c1. The molecule has 0 heterocycles. The zero-order chi connectivity index (χ0) is 11.7. The minimum Gasteiger partial charge on any atom is -0.324 e. The van der Waals surface area contributed by atoms with Crippen molar-refractivity contribution in [3.63, 3.8) is 0 Å². The van der Waals surface area contributed by atoms with Gasteiger partial charge in [-0.15, -0.1) is 0 Å². The van der Waals surface area contributed by atoms with Crippen molar-refractivity contribution < 1.29 is 4.39 Å². The molecular weight excluding hydrogens is 201 g/mol. The Morgan fingerprint density at radius 1 is 1.25 bits per heavy atom. The molecule has 0 radical (unpaired) electrons. The number of hydrogen-bond donors (Lipinski definition) is 1. The summed E-state index contributed by atoms with van der Waals surface area (Å²) in [6.45, 7) is 3.88. The summed E-state index contributed by atoms with van der Waals surface area (Å²) < 4.78 is 13.9. The van der Waals surface area contributed by atoms with E-state index in [4.69, 9.17) is 5.73 Å². The fourth-order valence-electron chi connectivity index (χ4n) is 2.90. The van der Waals surface area contributed by atoms with Crippen LogP contribution in [0.5, 0.6) is 0 Å². The first-order chi connectivity index (χ1) is 7.59. The Morgan fingerprint density at radius 2 is 1.88 bits per heavy atom. The second kappa shape index (κ2) is 4.54. The highest BCUT2D eigenvalue weighted by Gasteiger charge is 2.26. The van der Waals surface area contributed by atoms with E-state index in [0.29, 0.717) is 5.92 Å². The first-order valence-electron chi connectivity index (χ1n) is 6.12. The number of rotatable bonds is 2. The maximum absolute atomic E-state index is 13.9. The molecule has 1 unspecified atom stereocenters. The summed E-state index contributed by atoms with van der Waals surface area (Å²) in [5.41, 5.74) is 8.91. The summed E-state index contributed by atoms with van der Waals surface area (Å²) in [7, 11) is 0. The fraction of sp³-hybridized carbons (Fsp3) is 0.571. The van der Waals surface area contributed by atoms with Gasteiger partial charge in [-0.25, -0.2) is 4.39 Å². The second-order valence-electron chi connectivity index (χ2n) is 5.05. The third-order valence-corrected chi connectivity index (χ3v) is 3.72. The highest BCUT2D eigenvalue weighted by Crippen LogP contribution is 2.36. The lowest BCUT2D eigenvalue weighted by molar-refractivity contribution is 0.427. The van der Waals surface area contributed by atoms with Crippen molar-refractivity contribution in [2.45, 2.75) is 45.6 Å². The molecule has 0 amide bonds. The van der Waals surface area contributed by atoms with Crippen molar-refractivity contribution >= 4 is 0 Å². The van der Waals surface area contributed by atoms with Gasteiger partial charge in [0.1, 0.15) is 5.82 Å². The Balaban J connectivity index is 2.31. The highest BCUT2D eigenvalue weighted by molar-refractivity contribution is 5.34. The van der Waals surface area contributed by atoms with Gasteiger partial charge in [0.15, 0.2) is 0 Å². The second-order valence-corrected chi connectivity index (χ2v) is 5.05. The largest absolute Gasteiger partial charge is 0.324 e. The van der Waals surface area contributed by atoms with Crippen LogP contribution in [-0.2, 0) is 0 Å². The molecule has 0 saturated heterocycles. The molecule has 0 aromatic heterocycles. The standard InChI is InChI=1S/C14H20FN/c1-9-7-10(2)13(12(15)8-9)14(16)11-5-3-4-6-11/h7-8,11,14H,3-6,16H2,1-2H3. The van der Waals surface area contributed by atoms with E-state index < -0.39 is 0 Å². The van der Waals surface area contributed by atoms with Gasteiger partial charge in [-0.3, -0.25) is 0 Å². The average molecular weight is 221 g/mol. The fourth-order valence-corrected chi connectivity index (χ4v) is 2.90. The first kappa shape index (κ1) is 11.6. The third-order valence-electron chi connectivity index (χ3n) is 3.72. The Labute approximate surface area is 96.9 Å². The lowest BCUT2D eigenvalue weighted by Crippen LogP contribution is -2.21. The highest BCUT2D eigenvalue weighted by atomic mass is 19.1. The molecular formula is C14H20FN. The van der Waals surface area contributed by atoms with Crippen molar-refractivity contribution in [3.8, 4) is 0 Å². The van der Waals surface area contributed by atoms with Gasteiger partial charge >= 0.3 is 0 Å². The van der Waals surface area contributed by atoms with Crippen molar-refractivity contribution in [1.29, 1.82) is 0 Å². The van der Waals surface area contributed by atoms with E-state index in [1.54, 1.807) is 6.07 Å². The quantitative estimate of drug-likeness (QED) is 0.810. The minimum atomic E-state index is -0.128. The molecule has 1 nitrogen and oxygen atoms in total. The van der Waals surface area contributed by atoms with E-state index >= 15 is 0 Å². The number of nitrogens with two attached hydrogens (primary N) is 1. The van der Waals surface area contributed by atoms with Crippen LogP contribution >= 0.6 is 0 Å². The number of hydrogen-bond acceptors (Lipinski definition) is 1. The summed E-state index contributed by atoms with van der Waals surface area (Å²) in [5, 5.41) is 0. The van der Waals surface area contributed by atoms with Gasteiger partial charge in [0.2, 0.25) is 0 Å². The summed E-state index contributed by atoms with van der Waals surface area (Å²) in [6.07, 6.45) is 4.78. The Bertz CT molecular complexity index is 357. The molecule has 1 aromatic carbocycles. The van der Waals surface area contributed by atoms with Crippen molar-refractivity contribution in [1.82, 2.24) is 0 Å². The third kappa shape index (κ3) is 2.12. The van der Waals surface area contributed by atoms with Crippen LogP contribution in [0.15, 0.2) is 12.1 Å². The molecule has 1 fully saturated rings. The van der Waals surface area contributed by atoms with Crippen LogP contribution in [-0.4, -0.2) is 0 Å². The zero-order valence-electron chi connectivity index (χ0n) is 10.1. The van der Waals surface area contributed by atoms with Crippen LogP contribution < -0.4 is 5.73 Å². The van der Waals surface area contributed by atoms with Crippen LogP contribution in [0.1, 0.15) is 48.4 Å². The topological polar surface area (TPSA) is 26.0 Å². The zero-order valence-corrected chi connectivity index (χ0v) is 10.1. The Kier molecular flexibility index (Phi) is 3.29. The van der Waals surface area contributed by atoms with Gasteiger partial charge in [-0.05, 0) is 49.8 Å². The molecule has 2 heteroatoms. The molecule has 1 aliphatic rings. The number of aryl methyl sites for hydroxylation is 2. The molecule has 1 saturated carbocycles. The van der Waals surface area contributed by atoms with Crippen molar-refractivity contribution in [3.05, 3.63) is 34.6 Å². The predicted octanol–water partition coefficient (Wildman–Crippen LogP) is 3.63. The molecule has 2 rings (SSSR count). The van der Waals surface area contributed by atoms with E-state index in [-0.39, 0.29) is 11.9 Å². The normalized spacial score (nSPS) is 19.0. The molecule has 0 bridgehead atoms. The first-order valence-corrected chi connectivity index (χ1v) is 6.12. The minimum absolute atomic E-state index is 0.122. The number of halogens is 1. The summed E-state index contributed by atoms with van der Waals surface area (Å²) in [6, 6.07) is 3.49. The average Bonchev–Trinajstić information content (AvgIpc) is 2.67. The lowest BCUT2D eigenvalue weighted by atomic mass is 9.89. The monoisotopic (exact) mass is 221 g/mol. The van der Waals surface area contributed by atoms with Gasteiger partial charge in [0.25, 0.3) is 0 Å². The summed E-state index contributed by atoms with van der Waals surface area (Å²) >= 11 is 0. The van der Waals surface area contributed by atoms with Crippen LogP contribution in [0.4, 0.5) is 4.39 Å². The Morgan fingerprint density at radius 3 is 2.44 bits per heavy atom. The van der Waals surface area contributed by atoms with Gasteiger partial charge in [0.05, 0.1) is 0 Å². The van der Waals surface area contributed by atoms with E-state index in [1.165, 1.54) is 12.8 Å². The summed E-state index contributed by atoms with van der Waals surface area (Å²) in [4.78, 5) is 0. The van der Waals surface area contributed by atoms with Gasteiger partial charge in [0, 0.05) is 11.6 Å². The molecule has 0 spiro atoms. The van der Waals surface area contributed by atoms with Crippen molar-refractivity contribution in [2.24, 2.45) is 11.7 Å². The van der Waals surface area contributed by atoms with E-state index in [1.807, 2.05) is 19.9 Å². The molecule has 2 N–H and O–H groups in total. The molecule has 1 aromatic rings. The van der Waals surface area contributed by atoms with Crippen molar-refractivity contribution in [2.75, 3.05) is 0 Å². The van der Waals surface area contributed by atoms with Crippen LogP contribution in [0.3, 0.4) is 0 Å². The van der Waals surface area contributed by atoms with E-state index in [2.05, 4.69) is 0 Å². The van der Waals surface area contributed by atoms with Gasteiger partial charge in [-0.1, -0.05) is 18.9 Å². The molecule has 88 valence electrons. The van der Waals surface area contributed by atoms with Gasteiger partial charge < -0.3 is 5.73 Å². The van der Waals surface area contributed by atoms with Crippen LogP contribution in [0.2, 0.25) is 0 Å². The molecule has 16 heavy (non-hydrogen) atoms. The predicted molar refractivity (Wildman–Crippen MR) is 64.8 cm³/mol. The van der Waals surface area contributed by atoms with Gasteiger partial charge in [-0.2, -0.15) is 0 Å². The number of benzene rings is 1. The van der Waals surface area contributed by atoms with E-state index in [9.17, 15) is 4.39 Å². The summed E-state index contributed by atoms with van der Waals surface area (Å²) in [5.74, 6) is 0.341. The lowest BCUT2D eigenvalue weighted by Gasteiger charge is -2.22. The smallest absolute Gasteiger partial charge is 0.128 e. The molecule has 0 aliphatic heterocycles.